The quantitative estimate of drug-likeness (QED) is 0.339. The number of ketones is 1. The third-order valence-electron chi connectivity index (χ3n) is 7.13. The first-order valence-electron chi connectivity index (χ1n) is 11.9. The number of esters is 1. The number of methoxy groups -OCH3 is 2. The SMILES string of the molecule is CCOC(=O)[C@]1(CC)N[C@H](c2ccc(OC)c(OC)c2)[C@@H]2C(=O)N(c3cccc(C(C)=O)c3)C(=O)[C@H]21. The lowest BCUT2D eigenvalue weighted by molar-refractivity contribution is -0.154. The normalized spacial score (nSPS) is 25.0. The molecule has 0 aromatic heterocycles. The lowest BCUT2D eigenvalue weighted by atomic mass is 9.78. The number of nitrogens with zero attached hydrogens (tertiary/aromatic N) is 1. The second-order valence-electron chi connectivity index (χ2n) is 8.90. The van der Waals surface area contributed by atoms with Gasteiger partial charge in [0, 0.05) is 11.6 Å². The van der Waals surface area contributed by atoms with Crippen molar-refractivity contribution in [1.29, 1.82) is 0 Å². The lowest BCUT2D eigenvalue weighted by Gasteiger charge is -2.32. The van der Waals surface area contributed by atoms with Gasteiger partial charge in [0.1, 0.15) is 5.54 Å². The molecule has 0 bridgehead atoms. The summed E-state index contributed by atoms with van der Waals surface area (Å²) in [5.41, 5.74) is -0.0558. The van der Waals surface area contributed by atoms with Crippen LogP contribution >= 0.6 is 0 Å². The monoisotopic (exact) mass is 494 g/mol. The van der Waals surface area contributed by atoms with E-state index < -0.39 is 41.2 Å². The van der Waals surface area contributed by atoms with Gasteiger partial charge in [0.2, 0.25) is 11.8 Å². The molecule has 9 heteroatoms. The molecule has 1 N–H and O–H groups in total. The van der Waals surface area contributed by atoms with Crippen LogP contribution in [0, 0.1) is 11.8 Å². The Balaban J connectivity index is 1.86. The number of nitrogens with one attached hydrogen (secondary N) is 1. The molecule has 0 aliphatic carbocycles. The van der Waals surface area contributed by atoms with Crippen LogP contribution in [0.25, 0.3) is 0 Å². The highest BCUT2D eigenvalue weighted by Crippen LogP contribution is 2.52. The highest BCUT2D eigenvalue weighted by Gasteiger charge is 2.68. The molecule has 2 aromatic rings. The Kier molecular flexibility index (Phi) is 6.86. The van der Waals surface area contributed by atoms with Gasteiger partial charge in [-0.2, -0.15) is 0 Å². The molecule has 2 aromatic carbocycles. The molecule has 2 aliphatic rings. The molecule has 2 aliphatic heterocycles. The summed E-state index contributed by atoms with van der Waals surface area (Å²) in [6, 6.07) is 11.0. The van der Waals surface area contributed by atoms with Crippen molar-refractivity contribution in [2.24, 2.45) is 11.8 Å². The predicted molar refractivity (Wildman–Crippen MR) is 131 cm³/mol. The van der Waals surface area contributed by atoms with Crippen molar-refractivity contribution >= 4 is 29.3 Å². The summed E-state index contributed by atoms with van der Waals surface area (Å²) in [7, 11) is 3.03. The highest BCUT2D eigenvalue weighted by molar-refractivity contribution is 6.24. The fraction of sp³-hybridized carbons (Fsp3) is 0.407. The van der Waals surface area contributed by atoms with Crippen LogP contribution in [0.1, 0.15) is 49.2 Å². The van der Waals surface area contributed by atoms with E-state index in [0.29, 0.717) is 28.3 Å². The van der Waals surface area contributed by atoms with E-state index in [1.807, 2.05) is 0 Å². The molecule has 0 unspecified atom stereocenters. The molecule has 0 spiro atoms. The molecule has 9 nitrogen and oxygen atoms in total. The second kappa shape index (κ2) is 9.73. The summed E-state index contributed by atoms with van der Waals surface area (Å²) in [6.07, 6.45) is 0.233. The Labute approximate surface area is 209 Å². The molecule has 2 amide bonds. The average Bonchev–Trinajstić information content (AvgIpc) is 3.37. The van der Waals surface area contributed by atoms with Crippen LogP contribution in [0.2, 0.25) is 0 Å². The van der Waals surface area contributed by atoms with Crippen LogP contribution in [0.15, 0.2) is 42.5 Å². The van der Waals surface area contributed by atoms with Gasteiger partial charge in [-0.15, -0.1) is 0 Å². The number of rotatable bonds is 8. The van der Waals surface area contributed by atoms with Crippen molar-refractivity contribution in [1.82, 2.24) is 5.32 Å². The maximum atomic E-state index is 13.9. The minimum absolute atomic E-state index is 0.132. The van der Waals surface area contributed by atoms with E-state index >= 15 is 0 Å². The molecule has 190 valence electrons. The number of imide groups is 1. The maximum absolute atomic E-state index is 13.9. The summed E-state index contributed by atoms with van der Waals surface area (Å²) in [5.74, 6) is -2.61. The second-order valence-corrected chi connectivity index (χ2v) is 8.90. The van der Waals surface area contributed by atoms with Crippen LogP contribution in [0.4, 0.5) is 5.69 Å². The number of benzene rings is 2. The van der Waals surface area contributed by atoms with Gasteiger partial charge in [-0.25, -0.2) is 4.90 Å². The minimum atomic E-state index is -1.40. The molecule has 2 heterocycles. The number of amides is 2. The number of fused-ring (bicyclic) bond motifs is 1. The summed E-state index contributed by atoms with van der Waals surface area (Å²) in [6.45, 7) is 5.03. The summed E-state index contributed by atoms with van der Waals surface area (Å²) < 4.78 is 16.2. The summed E-state index contributed by atoms with van der Waals surface area (Å²) >= 11 is 0. The fourth-order valence-corrected chi connectivity index (χ4v) is 5.37. The third kappa shape index (κ3) is 3.83. The van der Waals surface area contributed by atoms with Gasteiger partial charge in [-0.1, -0.05) is 25.1 Å². The molecule has 4 atom stereocenters. The van der Waals surface area contributed by atoms with Crippen molar-refractivity contribution in [3.05, 3.63) is 53.6 Å². The molecule has 2 saturated heterocycles. The number of hydrogen-bond donors (Lipinski definition) is 1. The van der Waals surface area contributed by atoms with Crippen LogP contribution in [0.3, 0.4) is 0 Å². The minimum Gasteiger partial charge on any atom is -0.493 e. The maximum Gasteiger partial charge on any atom is 0.327 e. The van der Waals surface area contributed by atoms with Gasteiger partial charge in [0.05, 0.1) is 38.3 Å². The van der Waals surface area contributed by atoms with Crippen LogP contribution in [-0.4, -0.2) is 49.9 Å². The Morgan fingerprint density at radius 3 is 2.33 bits per heavy atom. The van der Waals surface area contributed by atoms with E-state index in [1.165, 1.54) is 27.2 Å². The average molecular weight is 495 g/mol. The van der Waals surface area contributed by atoms with Crippen LogP contribution < -0.4 is 19.7 Å². The van der Waals surface area contributed by atoms with E-state index in [2.05, 4.69) is 5.32 Å². The first-order chi connectivity index (χ1) is 17.2. The van der Waals surface area contributed by atoms with Crippen molar-refractivity contribution in [3.8, 4) is 11.5 Å². The number of ether oxygens (including phenoxy) is 3. The zero-order chi connectivity index (χ0) is 26.2. The van der Waals surface area contributed by atoms with E-state index in [1.54, 1.807) is 50.2 Å². The van der Waals surface area contributed by atoms with E-state index in [9.17, 15) is 19.2 Å². The number of anilines is 1. The van der Waals surface area contributed by atoms with Crippen molar-refractivity contribution in [2.45, 2.75) is 38.8 Å². The molecular formula is C27H30N2O7. The van der Waals surface area contributed by atoms with Gasteiger partial charge < -0.3 is 14.2 Å². The number of Topliss-reactive ketones (excluding diaryl/α,β-unsaturated/α-hetero) is 1. The summed E-state index contributed by atoms with van der Waals surface area (Å²) in [4.78, 5) is 54.2. The Morgan fingerprint density at radius 1 is 1.00 bits per heavy atom. The highest BCUT2D eigenvalue weighted by atomic mass is 16.5. The topological polar surface area (TPSA) is 111 Å². The number of carbonyl (C=O) groups is 4. The van der Waals surface area contributed by atoms with Gasteiger partial charge in [-0.3, -0.25) is 24.5 Å². The van der Waals surface area contributed by atoms with Crippen molar-refractivity contribution < 1.29 is 33.4 Å². The Hall–Kier alpha value is -3.72. The molecule has 0 radical (unpaired) electrons. The van der Waals surface area contributed by atoms with Gasteiger partial charge >= 0.3 is 5.97 Å². The molecule has 0 saturated carbocycles. The van der Waals surface area contributed by atoms with Gasteiger partial charge in [0.25, 0.3) is 0 Å². The number of hydrogen-bond acceptors (Lipinski definition) is 8. The van der Waals surface area contributed by atoms with E-state index in [4.69, 9.17) is 14.2 Å². The Morgan fingerprint density at radius 2 is 1.72 bits per heavy atom. The molecule has 36 heavy (non-hydrogen) atoms. The third-order valence-corrected chi connectivity index (χ3v) is 7.13. The molecule has 4 rings (SSSR count). The first-order valence-corrected chi connectivity index (χ1v) is 11.9. The molecular weight excluding hydrogens is 464 g/mol. The van der Waals surface area contributed by atoms with E-state index in [-0.39, 0.29) is 18.8 Å². The standard InChI is InChI=1S/C27H30N2O7/c1-6-27(26(33)36-7-2)22-21(23(28-27)17-11-12-19(34-4)20(14-17)35-5)24(31)29(25(22)32)18-10-8-9-16(13-18)15(3)30/h8-14,21-23,28H,6-7H2,1-5H3/t21-,22+,23-,27-/m1/s1. The zero-order valence-electron chi connectivity index (χ0n) is 21.0. The first kappa shape index (κ1) is 25.4. The van der Waals surface area contributed by atoms with Crippen molar-refractivity contribution in [3.63, 3.8) is 0 Å². The smallest absolute Gasteiger partial charge is 0.327 e. The largest absolute Gasteiger partial charge is 0.493 e. The lowest BCUT2D eigenvalue weighted by Crippen LogP contribution is -2.56. The van der Waals surface area contributed by atoms with Crippen LogP contribution in [-0.2, 0) is 19.1 Å². The summed E-state index contributed by atoms with van der Waals surface area (Å²) in [5, 5.41) is 3.31. The van der Waals surface area contributed by atoms with E-state index in [0.717, 1.165) is 4.90 Å². The van der Waals surface area contributed by atoms with Crippen molar-refractivity contribution in [2.75, 3.05) is 25.7 Å². The van der Waals surface area contributed by atoms with Gasteiger partial charge in [-0.05, 0) is 50.1 Å². The van der Waals surface area contributed by atoms with Crippen LogP contribution in [0.5, 0.6) is 11.5 Å². The Bertz CT molecular complexity index is 1230. The molecule has 2 fully saturated rings. The predicted octanol–water partition coefficient (Wildman–Crippen LogP) is 3.07. The number of carbonyl (C=O) groups excluding carboxylic acids is 4. The van der Waals surface area contributed by atoms with Gasteiger partial charge in [0.15, 0.2) is 17.3 Å². The fourth-order valence-electron chi connectivity index (χ4n) is 5.37. The zero-order valence-corrected chi connectivity index (χ0v) is 21.0.